The van der Waals surface area contributed by atoms with Gasteiger partial charge in [-0.1, -0.05) is 73.0 Å². The Labute approximate surface area is 240 Å². The highest BCUT2D eigenvalue weighted by atomic mass is 79.9. The number of halogens is 1. The summed E-state index contributed by atoms with van der Waals surface area (Å²) in [5.41, 5.74) is 0.0262. The first-order valence-corrected chi connectivity index (χ1v) is 18.6. The molecule has 0 amide bonds. The van der Waals surface area contributed by atoms with Crippen molar-refractivity contribution in [3.05, 3.63) is 12.2 Å². The average molecular weight is 591 g/mol. The lowest BCUT2D eigenvalue weighted by Gasteiger charge is -2.58. The van der Waals surface area contributed by atoms with Crippen molar-refractivity contribution in [1.29, 1.82) is 0 Å². The third-order valence-electron chi connectivity index (χ3n) is 12.7. The molecule has 9 atom stereocenters. The average Bonchev–Trinajstić information content (AvgIpc) is 2.97. The highest BCUT2D eigenvalue weighted by Gasteiger charge is 2.55. The molecule has 7 rings (SSSR count). The van der Waals surface area contributed by atoms with Crippen LogP contribution in [0.4, 0.5) is 0 Å². The predicted octanol–water partition coefficient (Wildman–Crippen LogP) is 8.48. The van der Waals surface area contributed by atoms with Gasteiger partial charge in [0, 0.05) is 41.4 Å². The van der Waals surface area contributed by atoms with E-state index in [4.69, 9.17) is 4.74 Å². The van der Waals surface area contributed by atoms with Crippen molar-refractivity contribution in [3.63, 3.8) is 0 Å². The molecule has 0 bridgehead atoms. The van der Waals surface area contributed by atoms with Crippen molar-refractivity contribution in [3.8, 4) is 0 Å². The van der Waals surface area contributed by atoms with E-state index in [-0.39, 0.29) is 5.60 Å². The standard InChI is InChI=1S/C33H52BrNOS/c34-31-22-25-7-3-4-8-29(25)32-30(31)15-16-33(36-32,27-10-9-23-5-1-2-6-24(23)21-27)26-11-13-28(14-12-26)35-17-19-37-20-18-35/h15-16,23-32H,1-14,17-22H2. The van der Waals surface area contributed by atoms with Crippen LogP contribution in [0.1, 0.15) is 103 Å². The van der Waals surface area contributed by atoms with Crippen LogP contribution in [0.5, 0.6) is 0 Å². The van der Waals surface area contributed by atoms with Crippen LogP contribution in [0.2, 0.25) is 0 Å². The van der Waals surface area contributed by atoms with E-state index in [2.05, 4.69) is 44.7 Å². The molecule has 2 aliphatic heterocycles. The largest absolute Gasteiger partial charge is 0.366 e. The summed E-state index contributed by atoms with van der Waals surface area (Å²) in [4.78, 5) is 3.47. The normalized spacial score (nSPS) is 51.1. The molecule has 0 aromatic rings. The minimum absolute atomic E-state index is 0.0262. The first-order chi connectivity index (χ1) is 18.2. The van der Waals surface area contributed by atoms with E-state index < -0.39 is 0 Å². The predicted molar refractivity (Wildman–Crippen MR) is 160 cm³/mol. The first kappa shape index (κ1) is 26.4. The Hall–Kier alpha value is 0.490. The maximum absolute atomic E-state index is 7.82. The molecule has 6 fully saturated rings. The Kier molecular flexibility index (Phi) is 8.13. The minimum Gasteiger partial charge on any atom is -0.366 e. The summed E-state index contributed by atoms with van der Waals surface area (Å²) in [5, 5.41) is 0. The number of thioether (sulfide) groups is 1. The van der Waals surface area contributed by atoms with E-state index >= 15 is 0 Å². The lowest BCUT2D eigenvalue weighted by Crippen LogP contribution is -2.59. The molecule has 4 heteroatoms. The van der Waals surface area contributed by atoms with Gasteiger partial charge in [0.1, 0.15) is 0 Å². The van der Waals surface area contributed by atoms with Crippen LogP contribution in [-0.2, 0) is 4.74 Å². The molecule has 7 aliphatic rings. The molecule has 2 nitrogen and oxygen atoms in total. The molecule has 208 valence electrons. The zero-order valence-corrected chi connectivity index (χ0v) is 25.6. The van der Waals surface area contributed by atoms with Crippen LogP contribution in [0.25, 0.3) is 0 Å². The first-order valence-electron chi connectivity index (χ1n) is 16.5. The molecule has 9 unspecified atom stereocenters. The zero-order valence-electron chi connectivity index (χ0n) is 23.2. The van der Waals surface area contributed by atoms with E-state index in [0.29, 0.717) is 16.8 Å². The van der Waals surface area contributed by atoms with Gasteiger partial charge < -0.3 is 4.74 Å². The van der Waals surface area contributed by atoms with Crippen LogP contribution >= 0.6 is 27.7 Å². The molecule has 37 heavy (non-hydrogen) atoms. The van der Waals surface area contributed by atoms with Gasteiger partial charge in [-0.05, 0) is 93.3 Å². The van der Waals surface area contributed by atoms with Crippen molar-refractivity contribution in [2.24, 2.45) is 41.4 Å². The third-order valence-corrected chi connectivity index (χ3v) is 14.6. The molecular formula is C33H52BrNOS. The van der Waals surface area contributed by atoms with Crippen molar-refractivity contribution in [2.45, 2.75) is 125 Å². The summed E-state index contributed by atoms with van der Waals surface area (Å²) < 4.78 is 7.82. The molecule has 0 aromatic heterocycles. The van der Waals surface area contributed by atoms with E-state index in [0.717, 1.165) is 41.5 Å². The molecule has 1 saturated heterocycles. The number of fused-ring (bicyclic) bond motifs is 4. The number of ether oxygens (including phenoxy) is 1. The summed E-state index contributed by atoms with van der Waals surface area (Å²) in [7, 11) is 0. The fourth-order valence-corrected chi connectivity index (χ4v) is 12.6. The SMILES string of the molecule is BrC1CC2CCCCC2C2OC(C3CCC(N4CCSCC4)CC3)(C3CCC4CCCCC4C3)C=CC12. The quantitative estimate of drug-likeness (QED) is 0.242. The van der Waals surface area contributed by atoms with Crippen LogP contribution in [0.3, 0.4) is 0 Å². The van der Waals surface area contributed by atoms with Gasteiger partial charge in [0.15, 0.2) is 0 Å². The Morgan fingerprint density at radius 2 is 1.43 bits per heavy atom. The topological polar surface area (TPSA) is 12.5 Å². The second-order valence-corrected chi connectivity index (χ2v) is 16.7. The molecule has 0 aromatic carbocycles. The third kappa shape index (κ3) is 5.07. The van der Waals surface area contributed by atoms with Crippen molar-refractivity contribution >= 4 is 27.7 Å². The van der Waals surface area contributed by atoms with Crippen molar-refractivity contribution < 1.29 is 4.74 Å². The van der Waals surface area contributed by atoms with Crippen molar-refractivity contribution in [1.82, 2.24) is 4.90 Å². The number of hydrogen-bond acceptors (Lipinski definition) is 3. The van der Waals surface area contributed by atoms with Gasteiger partial charge in [-0.15, -0.1) is 0 Å². The highest BCUT2D eigenvalue weighted by molar-refractivity contribution is 9.09. The van der Waals surface area contributed by atoms with E-state index in [1.165, 1.54) is 127 Å². The molecule has 0 spiro atoms. The number of hydrogen-bond donors (Lipinski definition) is 0. The Bertz CT molecular complexity index is 806. The highest BCUT2D eigenvalue weighted by Crippen LogP contribution is 2.57. The summed E-state index contributed by atoms with van der Waals surface area (Å²) in [6, 6.07) is 0.841. The fourth-order valence-electron chi connectivity index (χ4n) is 10.7. The number of alkyl halides is 1. The molecule has 5 aliphatic carbocycles. The maximum Gasteiger partial charge on any atom is 0.0922 e. The van der Waals surface area contributed by atoms with E-state index in [1.807, 2.05) is 0 Å². The summed E-state index contributed by atoms with van der Waals surface area (Å²) in [6.45, 7) is 2.65. The Morgan fingerprint density at radius 1 is 0.730 bits per heavy atom. The second-order valence-electron chi connectivity index (χ2n) is 14.3. The second kappa shape index (κ2) is 11.4. The maximum atomic E-state index is 7.82. The van der Waals surface area contributed by atoms with Gasteiger partial charge in [-0.2, -0.15) is 11.8 Å². The van der Waals surface area contributed by atoms with Gasteiger partial charge in [0.25, 0.3) is 0 Å². The van der Waals surface area contributed by atoms with E-state index in [9.17, 15) is 0 Å². The molecular weight excluding hydrogens is 538 g/mol. The fraction of sp³-hybridized carbons (Fsp3) is 0.939. The molecule has 0 N–H and O–H groups in total. The molecule has 0 radical (unpaired) electrons. The Balaban J connectivity index is 1.16. The van der Waals surface area contributed by atoms with Crippen LogP contribution in [0, 0.1) is 41.4 Å². The smallest absolute Gasteiger partial charge is 0.0922 e. The lowest BCUT2D eigenvalue weighted by molar-refractivity contribution is -0.201. The monoisotopic (exact) mass is 589 g/mol. The summed E-state index contributed by atoms with van der Waals surface area (Å²) >= 11 is 6.34. The number of rotatable bonds is 3. The minimum atomic E-state index is 0.0262. The van der Waals surface area contributed by atoms with Crippen LogP contribution in [0.15, 0.2) is 12.2 Å². The van der Waals surface area contributed by atoms with Crippen LogP contribution < -0.4 is 0 Å². The molecule has 2 heterocycles. The Morgan fingerprint density at radius 3 is 2.24 bits per heavy atom. The van der Waals surface area contributed by atoms with E-state index in [1.54, 1.807) is 0 Å². The number of nitrogens with zero attached hydrogens (tertiary/aromatic N) is 1. The summed E-state index contributed by atoms with van der Waals surface area (Å²) in [5.74, 6) is 8.51. The lowest BCUT2D eigenvalue weighted by atomic mass is 9.57. The van der Waals surface area contributed by atoms with Crippen molar-refractivity contribution in [2.75, 3.05) is 24.6 Å². The molecule has 5 saturated carbocycles. The van der Waals surface area contributed by atoms with Crippen LogP contribution in [-0.4, -0.2) is 52.1 Å². The van der Waals surface area contributed by atoms with Gasteiger partial charge in [-0.25, -0.2) is 0 Å². The van der Waals surface area contributed by atoms with Gasteiger partial charge in [-0.3, -0.25) is 4.90 Å². The van der Waals surface area contributed by atoms with Gasteiger partial charge in [0.05, 0.1) is 11.7 Å². The van der Waals surface area contributed by atoms with Gasteiger partial charge >= 0.3 is 0 Å². The summed E-state index contributed by atoms with van der Waals surface area (Å²) in [6.07, 6.45) is 29.0. The van der Waals surface area contributed by atoms with Gasteiger partial charge in [0.2, 0.25) is 0 Å². The zero-order chi connectivity index (χ0) is 24.8.